The maximum absolute atomic E-state index is 4.54. The molecule has 0 radical (unpaired) electrons. The lowest BCUT2D eigenvalue weighted by Crippen LogP contribution is -1.83. The predicted octanol–water partition coefficient (Wildman–Crippen LogP) is 4.42. The normalized spacial score (nSPS) is 9.83. The van der Waals surface area contributed by atoms with E-state index in [1.165, 1.54) is 11.1 Å². The number of aliphatic imine (C=N–C) groups is 1. The second-order valence-electron chi connectivity index (χ2n) is 3.83. The Bertz CT molecular complexity index is 555. The Morgan fingerprint density at radius 1 is 1.22 bits per heavy atom. The minimum atomic E-state index is 0.740. The summed E-state index contributed by atoms with van der Waals surface area (Å²) in [6, 6.07) is 12.4. The van der Waals surface area contributed by atoms with Gasteiger partial charge in [0.05, 0.1) is 22.1 Å². The average Bonchev–Trinajstić information content (AvgIpc) is 2.40. The summed E-state index contributed by atoms with van der Waals surface area (Å²) < 4.78 is 0. The summed E-state index contributed by atoms with van der Waals surface area (Å²) in [5.74, 6) is 0.920. The number of thioether (sulfide) groups is 1. The molecule has 0 atom stereocenters. The molecule has 0 amide bonds. The van der Waals surface area contributed by atoms with Crippen molar-refractivity contribution in [3.8, 4) is 0 Å². The number of aryl methyl sites for hydroxylation is 1. The monoisotopic (exact) mass is 272 g/mol. The van der Waals surface area contributed by atoms with Crippen LogP contribution in [0.2, 0.25) is 0 Å². The number of benzene rings is 1. The molecule has 0 aliphatic heterocycles. The molecule has 0 N–H and O–H groups in total. The molecule has 0 fully saturated rings. The van der Waals surface area contributed by atoms with Crippen molar-refractivity contribution in [3.05, 3.63) is 53.7 Å². The molecule has 0 spiro atoms. The molecular weight excluding hydrogens is 260 g/mol. The molecule has 18 heavy (non-hydrogen) atoms. The lowest BCUT2D eigenvalue weighted by Gasteiger charge is -2.02. The summed E-state index contributed by atoms with van der Waals surface area (Å²) in [7, 11) is 0. The van der Waals surface area contributed by atoms with E-state index in [0.29, 0.717) is 0 Å². The van der Waals surface area contributed by atoms with Crippen LogP contribution in [0.15, 0.2) is 52.6 Å². The van der Waals surface area contributed by atoms with E-state index in [9.17, 15) is 0 Å². The maximum atomic E-state index is 4.54. The van der Waals surface area contributed by atoms with Crippen LogP contribution in [-0.4, -0.2) is 10.1 Å². The molecule has 0 aliphatic carbocycles. The molecule has 0 aliphatic rings. The van der Waals surface area contributed by atoms with Gasteiger partial charge in [-0.1, -0.05) is 29.8 Å². The van der Waals surface area contributed by atoms with Crippen LogP contribution in [0.5, 0.6) is 0 Å². The van der Waals surface area contributed by atoms with Gasteiger partial charge in [-0.05, 0) is 36.8 Å². The number of hydrogen-bond donors (Lipinski definition) is 0. The lowest BCUT2D eigenvalue weighted by molar-refractivity contribution is 1.13. The van der Waals surface area contributed by atoms with Crippen LogP contribution < -0.4 is 0 Å². The first-order valence-electron chi connectivity index (χ1n) is 5.50. The Kier molecular flexibility index (Phi) is 4.65. The van der Waals surface area contributed by atoms with Gasteiger partial charge in [-0.3, -0.25) is 0 Å². The summed E-state index contributed by atoms with van der Waals surface area (Å²) in [5, 5.41) is 3.31. The Morgan fingerprint density at radius 3 is 2.61 bits per heavy atom. The zero-order valence-electron chi connectivity index (χ0n) is 9.96. The minimum Gasteiger partial charge on any atom is -0.248 e. The van der Waals surface area contributed by atoms with Crippen molar-refractivity contribution in [3.63, 3.8) is 0 Å². The van der Waals surface area contributed by atoms with Crippen molar-refractivity contribution in [2.24, 2.45) is 4.99 Å². The molecule has 1 heterocycles. The van der Waals surface area contributed by atoms with E-state index < -0.39 is 0 Å². The average molecular weight is 272 g/mol. The number of isothiocyanates is 1. The molecule has 2 nitrogen and oxygen atoms in total. The highest BCUT2D eigenvalue weighted by atomic mass is 32.2. The summed E-state index contributed by atoms with van der Waals surface area (Å²) in [5.41, 5.74) is 3.32. The van der Waals surface area contributed by atoms with Crippen LogP contribution in [-0.2, 0) is 5.75 Å². The van der Waals surface area contributed by atoms with E-state index >= 15 is 0 Å². The zero-order chi connectivity index (χ0) is 12.8. The van der Waals surface area contributed by atoms with E-state index in [4.69, 9.17) is 0 Å². The van der Waals surface area contributed by atoms with Crippen molar-refractivity contribution in [2.45, 2.75) is 17.7 Å². The van der Waals surface area contributed by atoms with Crippen LogP contribution in [0.3, 0.4) is 0 Å². The van der Waals surface area contributed by atoms with Gasteiger partial charge in [0, 0.05) is 5.75 Å². The van der Waals surface area contributed by atoms with E-state index in [0.717, 1.165) is 16.5 Å². The quantitative estimate of drug-likeness (QED) is 0.468. The van der Waals surface area contributed by atoms with Crippen molar-refractivity contribution in [2.75, 3.05) is 0 Å². The second-order valence-corrected chi connectivity index (χ2v) is 5.01. The van der Waals surface area contributed by atoms with Crippen molar-refractivity contribution in [1.29, 1.82) is 0 Å². The van der Waals surface area contributed by atoms with Gasteiger partial charge in [0.1, 0.15) is 0 Å². The number of nitrogens with zero attached hydrogens (tertiary/aromatic N) is 2. The molecule has 0 saturated heterocycles. The summed E-state index contributed by atoms with van der Waals surface area (Å²) in [4.78, 5) is 8.18. The fraction of sp³-hybridized carbons (Fsp3) is 0.143. The van der Waals surface area contributed by atoms with Crippen LogP contribution in [0, 0.1) is 6.92 Å². The topological polar surface area (TPSA) is 25.2 Å². The first kappa shape index (κ1) is 13.0. The van der Waals surface area contributed by atoms with Gasteiger partial charge in [0.2, 0.25) is 0 Å². The highest BCUT2D eigenvalue weighted by molar-refractivity contribution is 7.98. The minimum absolute atomic E-state index is 0.740. The van der Waals surface area contributed by atoms with Crippen molar-refractivity contribution < 1.29 is 0 Å². The number of pyridine rings is 1. The third-order valence-corrected chi connectivity index (χ3v) is 3.51. The molecular formula is C14H12N2S2. The Hall–Kier alpha value is -1.48. The molecule has 2 aromatic rings. The summed E-state index contributed by atoms with van der Waals surface area (Å²) in [6.45, 7) is 2.09. The standard InChI is InChI=1S/C14H12N2S2/c1-11-2-4-12(5-3-11)9-18-14-7-6-13(8-15-14)16-10-17/h2-8H,9H2,1H3. The smallest absolute Gasteiger partial charge is 0.0964 e. The Labute approximate surface area is 116 Å². The first-order chi connectivity index (χ1) is 8.78. The third-order valence-electron chi connectivity index (χ3n) is 2.40. The molecule has 0 saturated carbocycles. The van der Waals surface area contributed by atoms with Crippen LogP contribution in [0.25, 0.3) is 0 Å². The van der Waals surface area contributed by atoms with Gasteiger partial charge >= 0.3 is 0 Å². The Balaban J connectivity index is 1.97. The lowest BCUT2D eigenvalue weighted by atomic mass is 10.2. The van der Waals surface area contributed by atoms with Gasteiger partial charge in [0.25, 0.3) is 0 Å². The molecule has 0 unspecified atom stereocenters. The SMILES string of the molecule is Cc1ccc(CSc2ccc(N=C=S)cn2)cc1. The molecule has 90 valence electrons. The number of hydrogen-bond acceptors (Lipinski definition) is 4. The Morgan fingerprint density at radius 2 is 2.00 bits per heavy atom. The van der Waals surface area contributed by atoms with Gasteiger partial charge < -0.3 is 0 Å². The fourth-order valence-electron chi connectivity index (χ4n) is 1.42. The van der Waals surface area contributed by atoms with Gasteiger partial charge in [-0.2, -0.15) is 4.99 Å². The van der Waals surface area contributed by atoms with Crippen LogP contribution in [0.4, 0.5) is 5.69 Å². The highest BCUT2D eigenvalue weighted by Crippen LogP contribution is 2.22. The van der Waals surface area contributed by atoms with E-state index in [1.54, 1.807) is 18.0 Å². The van der Waals surface area contributed by atoms with Crippen LogP contribution >= 0.6 is 24.0 Å². The number of rotatable bonds is 4. The fourth-order valence-corrected chi connectivity index (χ4v) is 2.32. The van der Waals surface area contributed by atoms with E-state index in [1.807, 2.05) is 12.1 Å². The molecule has 4 heteroatoms. The van der Waals surface area contributed by atoms with Crippen molar-refractivity contribution >= 4 is 34.8 Å². The second kappa shape index (κ2) is 6.45. The number of aromatic nitrogens is 1. The van der Waals surface area contributed by atoms with E-state index in [-0.39, 0.29) is 0 Å². The molecule has 1 aromatic heterocycles. The van der Waals surface area contributed by atoms with Crippen LogP contribution in [0.1, 0.15) is 11.1 Å². The van der Waals surface area contributed by atoms with Crippen molar-refractivity contribution in [1.82, 2.24) is 4.98 Å². The molecule has 2 rings (SSSR count). The third kappa shape index (κ3) is 3.77. The number of thiocarbonyl (C=S) groups is 1. The molecule has 0 bridgehead atoms. The maximum Gasteiger partial charge on any atom is 0.0964 e. The highest BCUT2D eigenvalue weighted by Gasteiger charge is 1.98. The van der Waals surface area contributed by atoms with E-state index in [2.05, 4.69) is 58.5 Å². The zero-order valence-corrected chi connectivity index (χ0v) is 11.6. The van der Waals surface area contributed by atoms with Gasteiger partial charge in [-0.15, -0.1) is 11.8 Å². The largest absolute Gasteiger partial charge is 0.248 e. The summed E-state index contributed by atoms with van der Waals surface area (Å²) in [6.07, 6.45) is 1.71. The molecule has 1 aromatic carbocycles. The first-order valence-corrected chi connectivity index (χ1v) is 6.89. The summed E-state index contributed by atoms with van der Waals surface area (Å²) >= 11 is 6.25. The van der Waals surface area contributed by atoms with Gasteiger partial charge in [0.15, 0.2) is 0 Å². The van der Waals surface area contributed by atoms with Gasteiger partial charge in [-0.25, -0.2) is 4.98 Å². The predicted molar refractivity (Wildman–Crippen MR) is 79.7 cm³/mol.